The third kappa shape index (κ3) is 3.95. The summed E-state index contributed by atoms with van der Waals surface area (Å²) in [6.45, 7) is 9.24. The van der Waals surface area contributed by atoms with Crippen molar-refractivity contribution in [1.29, 1.82) is 0 Å². The molecule has 0 fully saturated rings. The number of aromatic nitrogens is 2. The van der Waals surface area contributed by atoms with Crippen molar-refractivity contribution in [3.05, 3.63) is 47.8 Å². The van der Waals surface area contributed by atoms with Crippen molar-refractivity contribution < 1.29 is 0 Å². The number of rotatable bonds is 5. The van der Waals surface area contributed by atoms with E-state index in [1.54, 1.807) is 0 Å². The van der Waals surface area contributed by atoms with E-state index >= 15 is 0 Å². The summed E-state index contributed by atoms with van der Waals surface area (Å²) in [5.74, 6) is 1.18. The number of aryl methyl sites for hydroxylation is 2. The molecule has 0 amide bonds. The largest absolute Gasteiger partial charge is 0.285 e. The van der Waals surface area contributed by atoms with Gasteiger partial charge >= 0.3 is 0 Å². The van der Waals surface area contributed by atoms with Gasteiger partial charge in [0.2, 0.25) is 5.95 Å². The lowest BCUT2D eigenvalue weighted by Crippen LogP contribution is -2.34. The van der Waals surface area contributed by atoms with Gasteiger partial charge in [0.1, 0.15) is 0 Å². The van der Waals surface area contributed by atoms with Gasteiger partial charge in [0.15, 0.2) is 0 Å². The molecule has 0 radical (unpaired) electrons. The van der Waals surface area contributed by atoms with Crippen LogP contribution in [0.5, 0.6) is 0 Å². The van der Waals surface area contributed by atoms with E-state index in [0.29, 0.717) is 11.9 Å². The Bertz CT molecular complexity index is 531. The fraction of sp³-hybridized carbons (Fsp3) is 0.375. The summed E-state index contributed by atoms with van der Waals surface area (Å²) in [6, 6.07) is 12.2. The molecular formula is C16H22N4. The molecule has 2 aromatic rings. The smallest absolute Gasteiger partial charge is 0.242 e. The number of benzene rings is 1. The van der Waals surface area contributed by atoms with Crippen molar-refractivity contribution in [3.63, 3.8) is 0 Å². The maximum Gasteiger partial charge on any atom is 0.242 e. The van der Waals surface area contributed by atoms with Crippen LogP contribution in [0.15, 0.2) is 36.4 Å². The molecule has 0 unspecified atom stereocenters. The second kappa shape index (κ2) is 6.37. The first kappa shape index (κ1) is 14.3. The van der Waals surface area contributed by atoms with Gasteiger partial charge in [-0.1, -0.05) is 32.0 Å². The lowest BCUT2D eigenvalue weighted by molar-refractivity contribution is 0.633. The van der Waals surface area contributed by atoms with Crippen molar-refractivity contribution in [2.24, 2.45) is 5.92 Å². The summed E-state index contributed by atoms with van der Waals surface area (Å²) < 4.78 is 0. The maximum atomic E-state index is 4.44. The molecule has 4 nitrogen and oxygen atoms in total. The van der Waals surface area contributed by atoms with E-state index in [1.807, 2.05) is 38.1 Å². The number of para-hydroxylation sites is 1. The first-order valence-corrected chi connectivity index (χ1v) is 6.96. The zero-order valence-corrected chi connectivity index (χ0v) is 12.6. The van der Waals surface area contributed by atoms with Gasteiger partial charge in [0.25, 0.3) is 0 Å². The SMILES string of the molecule is Cc1cc(C)nc(NN(CC(C)C)c2ccccc2)n1. The molecule has 0 aliphatic rings. The highest BCUT2D eigenvalue weighted by Crippen LogP contribution is 2.16. The fourth-order valence-electron chi connectivity index (χ4n) is 2.09. The van der Waals surface area contributed by atoms with E-state index < -0.39 is 0 Å². The van der Waals surface area contributed by atoms with Crippen LogP contribution < -0.4 is 10.4 Å². The minimum Gasteiger partial charge on any atom is -0.285 e. The molecule has 1 heterocycles. The van der Waals surface area contributed by atoms with Gasteiger partial charge in [-0.25, -0.2) is 9.97 Å². The summed E-state index contributed by atoms with van der Waals surface area (Å²) in [4.78, 5) is 8.89. The summed E-state index contributed by atoms with van der Waals surface area (Å²) in [7, 11) is 0. The number of nitrogens with one attached hydrogen (secondary N) is 1. The second-order valence-corrected chi connectivity index (χ2v) is 5.43. The Balaban J connectivity index is 2.23. The Morgan fingerprint density at radius 3 is 2.20 bits per heavy atom. The first-order chi connectivity index (χ1) is 9.54. The van der Waals surface area contributed by atoms with Crippen LogP contribution >= 0.6 is 0 Å². The number of hydrogen-bond acceptors (Lipinski definition) is 4. The first-order valence-electron chi connectivity index (χ1n) is 6.96. The van der Waals surface area contributed by atoms with E-state index in [9.17, 15) is 0 Å². The topological polar surface area (TPSA) is 41.1 Å². The average molecular weight is 270 g/mol. The fourth-order valence-corrected chi connectivity index (χ4v) is 2.09. The third-order valence-corrected chi connectivity index (χ3v) is 2.83. The highest BCUT2D eigenvalue weighted by molar-refractivity contribution is 5.50. The quantitative estimate of drug-likeness (QED) is 0.843. The Morgan fingerprint density at radius 2 is 1.65 bits per heavy atom. The summed E-state index contributed by atoms with van der Waals surface area (Å²) in [5, 5.41) is 2.10. The van der Waals surface area contributed by atoms with Crippen LogP contribution in [0.25, 0.3) is 0 Å². The van der Waals surface area contributed by atoms with Gasteiger partial charge in [-0.2, -0.15) is 0 Å². The Kier molecular flexibility index (Phi) is 4.56. The van der Waals surface area contributed by atoms with Crippen LogP contribution in [0.1, 0.15) is 25.2 Å². The zero-order valence-electron chi connectivity index (χ0n) is 12.6. The standard InChI is InChI=1S/C16H22N4/c1-12(2)11-20(15-8-6-5-7-9-15)19-16-17-13(3)10-14(4)18-16/h5-10,12H,11H2,1-4H3,(H,17,18,19). The van der Waals surface area contributed by atoms with Gasteiger partial charge in [-0.15, -0.1) is 0 Å². The lowest BCUT2D eigenvalue weighted by Gasteiger charge is -2.27. The molecule has 1 N–H and O–H groups in total. The predicted octanol–water partition coefficient (Wildman–Crippen LogP) is 3.58. The Labute approximate surface area is 120 Å². The number of hydrogen-bond donors (Lipinski definition) is 1. The summed E-state index contributed by atoms with van der Waals surface area (Å²) in [5.41, 5.74) is 6.37. The third-order valence-electron chi connectivity index (χ3n) is 2.83. The Hall–Kier alpha value is -2.10. The van der Waals surface area contributed by atoms with E-state index in [2.05, 4.69) is 46.4 Å². The van der Waals surface area contributed by atoms with Crippen LogP contribution in [0.2, 0.25) is 0 Å². The number of hydrazine groups is 1. The molecule has 2 rings (SSSR count). The van der Waals surface area contributed by atoms with Gasteiger partial charge < -0.3 is 0 Å². The normalized spacial score (nSPS) is 10.7. The molecular weight excluding hydrogens is 248 g/mol. The minimum atomic E-state index is 0.536. The zero-order chi connectivity index (χ0) is 14.5. The van der Waals surface area contributed by atoms with Gasteiger partial charge in [0.05, 0.1) is 5.69 Å². The van der Waals surface area contributed by atoms with E-state index in [0.717, 1.165) is 23.6 Å². The van der Waals surface area contributed by atoms with Crippen molar-refractivity contribution in [3.8, 4) is 0 Å². The second-order valence-electron chi connectivity index (χ2n) is 5.43. The summed E-state index contributed by atoms with van der Waals surface area (Å²) in [6.07, 6.45) is 0. The van der Waals surface area contributed by atoms with Gasteiger partial charge in [-0.3, -0.25) is 10.4 Å². The molecule has 0 bridgehead atoms. The van der Waals surface area contributed by atoms with Crippen LogP contribution in [0, 0.1) is 19.8 Å². The highest BCUT2D eigenvalue weighted by atomic mass is 15.5. The molecule has 0 saturated heterocycles. The highest BCUT2D eigenvalue weighted by Gasteiger charge is 2.10. The van der Waals surface area contributed by atoms with Crippen molar-refractivity contribution in [1.82, 2.24) is 9.97 Å². The lowest BCUT2D eigenvalue weighted by atomic mass is 10.2. The van der Waals surface area contributed by atoms with Crippen molar-refractivity contribution >= 4 is 11.6 Å². The molecule has 20 heavy (non-hydrogen) atoms. The molecule has 0 atom stereocenters. The monoisotopic (exact) mass is 270 g/mol. The van der Waals surface area contributed by atoms with Crippen LogP contribution in [-0.2, 0) is 0 Å². The van der Waals surface area contributed by atoms with E-state index in [1.165, 1.54) is 0 Å². The van der Waals surface area contributed by atoms with E-state index in [-0.39, 0.29) is 0 Å². The molecule has 1 aromatic carbocycles. The number of anilines is 2. The van der Waals surface area contributed by atoms with Gasteiger partial charge in [-0.05, 0) is 38.0 Å². The molecule has 1 aromatic heterocycles. The maximum absolute atomic E-state index is 4.44. The van der Waals surface area contributed by atoms with Gasteiger partial charge in [0, 0.05) is 17.9 Å². The Morgan fingerprint density at radius 1 is 1.05 bits per heavy atom. The molecule has 0 aliphatic carbocycles. The predicted molar refractivity (Wildman–Crippen MR) is 83.8 cm³/mol. The average Bonchev–Trinajstić information content (AvgIpc) is 2.37. The van der Waals surface area contributed by atoms with E-state index in [4.69, 9.17) is 0 Å². The molecule has 0 spiro atoms. The molecule has 0 aliphatic heterocycles. The molecule has 106 valence electrons. The van der Waals surface area contributed by atoms with Crippen LogP contribution in [0.4, 0.5) is 11.6 Å². The summed E-state index contributed by atoms with van der Waals surface area (Å²) >= 11 is 0. The molecule has 0 saturated carbocycles. The van der Waals surface area contributed by atoms with Crippen LogP contribution in [-0.4, -0.2) is 16.5 Å². The van der Waals surface area contributed by atoms with Crippen LogP contribution in [0.3, 0.4) is 0 Å². The van der Waals surface area contributed by atoms with Crippen molar-refractivity contribution in [2.45, 2.75) is 27.7 Å². The van der Waals surface area contributed by atoms with Crippen molar-refractivity contribution in [2.75, 3.05) is 17.0 Å². The minimum absolute atomic E-state index is 0.536. The number of nitrogens with zero attached hydrogens (tertiary/aromatic N) is 3. The molecule has 4 heteroatoms.